The van der Waals surface area contributed by atoms with E-state index < -0.39 is 11.6 Å². The van der Waals surface area contributed by atoms with Crippen LogP contribution in [-0.4, -0.2) is 49.8 Å². The highest BCUT2D eigenvalue weighted by Gasteiger charge is 2.47. The first-order chi connectivity index (χ1) is 12.1. The topological polar surface area (TPSA) is 86.0 Å². The molecule has 1 aliphatic carbocycles. The number of nitrogens with zero attached hydrogens (tertiary/aromatic N) is 4. The number of amides is 1. The Hall–Kier alpha value is -2.64. The van der Waals surface area contributed by atoms with Crippen molar-refractivity contribution in [2.24, 2.45) is 0 Å². The number of hydrogen-bond acceptors (Lipinski definition) is 6. The second kappa shape index (κ2) is 6.26. The Kier molecular flexibility index (Phi) is 4.37. The van der Waals surface area contributed by atoms with Gasteiger partial charge in [0.05, 0.1) is 13.7 Å². The summed E-state index contributed by atoms with van der Waals surface area (Å²) in [5.41, 5.74) is 0.677. The molecule has 26 heavy (non-hydrogen) atoms. The summed E-state index contributed by atoms with van der Waals surface area (Å²) in [6.07, 6.45) is 4.61. The van der Waals surface area contributed by atoms with Crippen LogP contribution in [0.2, 0.25) is 0 Å². The van der Waals surface area contributed by atoms with Crippen molar-refractivity contribution in [3.05, 3.63) is 29.7 Å². The molecule has 1 amide bonds. The third-order valence-corrected chi connectivity index (χ3v) is 4.42. The molecule has 0 spiro atoms. The second-order valence-corrected chi connectivity index (χ2v) is 7.85. The highest BCUT2D eigenvalue weighted by molar-refractivity contribution is 5.95. The van der Waals surface area contributed by atoms with Gasteiger partial charge in [-0.1, -0.05) is 0 Å². The zero-order valence-electron chi connectivity index (χ0n) is 15.8. The Bertz CT molecular complexity index is 848. The number of fused-ring (bicyclic) bond motifs is 1. The normalized spacial score (nSPS) is 15.6. The molecule has 1 fully saturated rings. The Morgan fingerprint density at radius 3 is 2.62 bits per heavy atom. The van der Waals surface area contributed by atoms with E-state index in [4.69, 9.17) is 9.47 Å². The molecule has 0 aromatic carbocycles. The van der Waals surface area contributed by atoms with Crippen molar-refractivity contribution in [2.75, 3.05) is 7.11 Å². The summed E-state index contributed by atoms with van der Waals surface area (Å²) in [5.74, 6) is -0.494. The van der Waals surface area contributed by atoms with Crippen molar-refractivity contribution in [1.29, 1.82) is 0 Å². The summed E-state index contributed by atoms with van der Waals surface area (Å²) >= 11 is 0. The van der Waals surface area contributed by atoms with Crippen LogP contribution < -0.4 is 0 Å². The summed E-state index contributed by atoms with van der Waals surface area (Å²) in [5, 5.41) is 4.11. The van der Waals surface area contributed by atoms with Gasteiger partial charge in [0.1, 0.15) is 17.5 Å². The molecule has 2 aromatic rings. The standard InChI is InChI=1S/C18H24N4O4/c1-17(2,3)26-16(24)21(18(4)6-7-18)9-12-8-13(15(23)25-5)14-19-11-20-22(14)10-12/h8,10-11H,6-7,9H2,1-5H3. The number of hydrogen-bond donors (Lipinski definition) is 0. The molecule has 2 aromatic heterocycles. The minimum Gasteiger partial charge on any atom is -0.465 e. The van der Waals surface area contributed by atoms with Crippen molar-refractivity contribution >= 4 is 17.7 Å². The lowest BCUT2D eigenvalue weighted by Crippen LogP contribution is -2.43. The number of carbonyl (C=O) groups excluding carboxylic acids is 2. The Morgan fingerprint density at radius 2 is 2.04 bits per heavy atom. The van der Waals surface area contributed by atoms with Gasteiger partial charge in [-0.2, -0.15) is 5.10 Å². The van der Waals surface area contributed by atoms with Gasteiger partial charge in [-0.3, -0.25) is 4.90 Å². The van der Waals surface area contributed by atoms with Crippen LogP contribution in [0.25, 0.3) is 5.65 Å². The van der Waals surface area contributed by atoms with Crippen LogP contribution in [0.15, 0.2) is 18.6 Å². The first-order valence-electron chi connectivity index (χ1n) is 8.54. The van der Waals surface area contributed by atoms with Gasteiger partial charge in [0.15, 0.2) is 5.65 Å². The number of methoxy groups -OCH3 is 1. The van der Waals surface area contributed by atoms with Crippen LogP contribution in [-0.2, 0) is 16.0 Å². The fraction of sp³-hybridized carbons (Fsp3) is 0.556. The lowest BCUT2D eigenvalue weighted by molar-refractivity contribution is 0.0126. The third-order valence-electron chi connectivity index (χ3n) is 4.42. The average Bonchev–Trinajstić information content (AvgIpc) is 3.11. The van der Waals surface area contributed by atoms with Gasteiger partial charge in [0.2, 0.25) is 0 Å². The van der Waals surface area contributed by atoms with Crippen molar-refractivity contribution in [3.8, 4) is 0 Å². The number of carbonyl (C=O) groups is 2. The van der Waals surface area contributed by atoms with Crippen LogP contribution in [0.4, 0.5) is 4.79 Å². The maximum absolute atomic E-state index is 12.7. The summed E-state index contributed by atoms with van der Waals surface area (Å²) < 4.78 is 11.9. The molecule has 0 atom stereocenters. The lowest BCUT2D eigenvalue weighted by atomic mass is 10.1. The maximum atomic E-state index is 12.7. The third kappa shape index (κ3) is 3.63. The van der Waals surface area contributed by atoms with E-state index in [1.54, 1.807) is 17.2 Å². The fourth-order valence-corrected chi connectivity index (χ4v) is 2.75. The first kappa shape index (κ1) is 18.2. The maximum Gasteiger partial charge on any atom is 0.411 e. The smallest absolute Gasteiger partial charge is 0.411 e. The molecule has 0 saturated heterocycles. The van der Waals surface area contributed by atoms with Gasteiger partial charge < -0.3 is 9.47 Å². The Balaban J connectivity index is 1.94. The minimum atomic E-state index is -0.576. The van der Waals surface area contributed by atoms with Gasteiger partial charge >= 0.3 is 12.1 Å². The Labute approximate surface area is 152 Å². The number of esters is 1. The summed E-state index contributed by atoms with van der Waals surface area (Å²) in [6, 6.07) is 1.69. The largest absolute Gasteiger partial charge is 0.465 e. The molecular weight excluding hydrogens is 336 g/mol. The predicted octanol–water partition coefficient (Wildman–Crippen LogP) is 2.81. The van der Waals surface area contributed by atoms with E-state index >= 15 is 0 Å². The van der Waals surface area contributed by atoms with E-state index in [0.29, 0.717) is 17.8 Å². The van der Waals surface area contributed by atoms with E-state index in [1.807, 2.05) is 27.7 Å². The van der Waals surface area contributed by atoms with Crippen molar-refractivity contribution in [2.45, 2.75) is 58.2 Å². The highest BCUT2D eigenvalue weighted by atomic mass is 16.6. The van der Waals surface area contributed by atoms with Gasteiger partial charge in [0.25, 0.3) is 0 Å². The summed E-state index contributed by atoms with van der Waals surface area (Å²) in [7, 11) is 1.32. The van der Waals surface area contributed by atoms with Crippen LogP contribution in [0, 0.1) is 0 Å². The molecule has 1 saturated carbocycles. The number of rotatable bonds is 4. The van der Waals surface area contributed by atoms with Gasteiger partial charge in [-0.25, -0.2) is 19.1 Å². The van der Waals surface area contributed by atoms with E-state index in [-0.39, 0.29) is 11.6 Å². The second-order valence-electron chi connectivity index (χ2n) is 7.85. The van der Waals surface area contributed by atoms with Crippen molar-refractivity contribution in [3.63, 3.8) is 0 Å². The zero-order valence-corrected chi connectivity index (χ0v) is 15.8. The molecule has 8 heteroatoms. The molecule has 0 bridgehead atoms. The Morgan fingerprint density at radius 1 is 1.35 bits per heavy atom. The van der Waals surface area contributed by atoms with E-state index in [2.05, 4.69) is 10.1 Å². The van der Waals surface area contributed by atoms with Gasteiger partial charge in [-0.05, 0) is 52.2 Å². The predicted molar refractivity (Wildman–Crippen MR) is 93.7 cm³/mol. The number of aromatic nitrogens is 3. The molecule has 0 aliphatic heterocycles. The quantitative estimate of drug-likeness (QED) is 0.779. The molecule has 140 valence electrons. The highest BCUT2D eigenvalue weighted by Crippen LogP contribution is 2.42. The van der Waals surface area contributed by atoms with Gasteiger partial charge in [0, 0.05) is 11.7 Å². The van der Waals surface area contributed by atoms with Crippen molar-refractivity contribution in [1.82, 2.24) is 19.5 Å². The van der Waals surface area contributed by atoms with E-state index in [0.717, 1.165) is 18.4 Å². The zero-order chi connectivity index (χ0) is 19.1. The molecule has 1 aliphatic rings. The van der Waals surface area contributed by atoms with Crippen LogP contribution >= 0.6 is 0 Å². The minimum absolute atomic E-state index is 0.231. The molecule has 3 rings (SSSR count). The summed E-state index contributed by atoms with van der Waals surface area (Å²) in [4.78, 5) is 30.6. The van der Waals surface area contributed by atoms with Gasteiger partial charge in [-0.15, -0.1) is 0 Å². The SMILES string of the molecule is COC(=O)c1cc(CN(C(=O)OC(C)(C)C)C2(C)CC2)cn2ncnc12. The average molecular weight is 360 g/mol. The van der Waals surface area contributed by atoms with Crippen LogP contribution in [0.5, 0.6) is 0 Å². The first-order valence-corrected chi connectivity index (χ1v) is 8.54. The lowest BCUT2D eigenvalue weighted by Gasteiger charge is -2.32. The molecule has 2 heterocycles. The molecule has 0 N–H and O–H groups in total. The van der Waals surface area contributed by atoms with E-state index in [9.17, 15) is 9.59 Å². The fourth-order valence-electron chi connectivity index (χ4n) is 2.75. The molecule has 0 radical (unpaired) electrons. The molecular formula is C18H24N4O4. The van der Waals surface area contributed by atoms with Crippen LogP contribution in [0.1, 0.15) is 56.5 Å². The summed E-state index contributed by atoms with van der Waals surface area (Å²) in [6.45, 7) is 7.87. The van der Waals surface area contributed by atoms with Crippen molar-refractivity contribution < 1.29 is 19.1 Å². The number of ether oxygens (including phenoxy) is 2. The van der Waals surface area contributed by atoms with E-state index in [1.165, 1.54) is 18.0 Å². The van der Waals surface area contributed by atoms with Crippen LogP contribution in [0.3, 0.4) is 0 Å². The molecule has 0 unspecified atom stereocenters. The number of pyridine rings is 1. The molecule has 8 nitrogen and oxygen atoms in total. The monoisotopic (exact) mass is 360 g/mol.